The molecule has 0 fully saturated rings. The number of ether oxygens (including phenoxy) is 2. The predicted octanol–water partition coefficient (Wildman–Crippen LogP) is 2.23. The van der Waals surface area contributed by atoms with E-state index in [0.717, 1.165) is 5.56 Å². The van der Waals surface area contributed by atoms with Gasteiger partial charge in [0.1, 0.15) is 6.61 Å². The number of hydrogen-bond acceptors (Lipinski definition) is 5. The number of nitrogens with zero attached hydrogens (tertiary/aromatic N) is 1. The minimum absolute atomic E-state index is 0.0146. The quantitative estimate of drug-likeness (QED) is 0.352. The van der Waals surface area contributed by atoms with Crippen molar-refractivity contribution < 1.29 is 14.4 Å². The summed E-state index contributed by atoms with van der Waals surface area (Å²) in [5, 5.41) is 10.8. The van der Waals surface area contributed by atoms with Crippen molar-refractivity contribution >= 4 is 18.3 Å². The van der Waals surface area contributed by atoms with Crippen molar-refractivity contribution in [3.8, 4) is 5.75 Å². The van der Waals surface area contributed by atoms with Crippen LogP contribution in [0.3, 0.4) is 0 Å². The number of benzene rings is 1. The lowest BCUT2D eigenvalue weighted by Crippen LogP contribution is -2.09. The highest BCUT2D eigenvalue weighted by Gasteiger charge is 2.16. The van der Waals surface area contributed by atoms with E-state index < -0.39 is 4.92 Å². The van der Waals surface area contributed by atoms with Crippen LogP contribution in [0.15, 0.2) is 18.2 Å². The molecule has 0 aliphatic carbocycles. The topological polar surface area (TPSA) is 61.6 Å². The molecule has 17 heavy (non-hydrogen) atoms. The van der Waals surface area contributed by atoms with Gasteiger partial charge < -0.3 is 9.47 Å². The highest BCUT2D eigenvalue weighted by Crippen LogP contribution is 2.29. The Balaban J connectivity index is 2.60. The van der Waals surface area contributed by atoms with Crippen LogP contribution in [-0.2, 0) is 4.74 Å². The maximum absolute atomic E-state index is 10.8. The van der Waals surface area contributed by atoms with Crippen LogP contribution in [0.2, 0.25) is 0 Å². The normalized spacial score (nSPS) is 10.2. The lowest BCUT2D eigenvalue weighted by Gasteiger charge is -2.09. The number of aryl methyl sites for hydroxylation is 1. The highest BCUT2D eigenvalue weighted by molar-refractivity contribution is 7.80. The summed E-state index contributed by atoms with van der Waals surface area (Å²) >= 11 is 4.00. The minimum Gasteiger partial charge on any atom is -0.484 e. The van der Waals surface area contributed by atoms with Crippen LogP contribution in [0.1, 0.15) is 5.56 Å². The Kier molecular flexibility index (Phi) is 5.79. The molecule has 0 aliphatic heterocycles. The summed E-state index contributed by atoms with van der Waals surface area (Å²) in [7, 11) is 0. The molecule has 0 aromatic heterocycles. The summed E-state index contributed by atoms with van der Waals surface area (Å²) < 4.78 is 10.6. The van der Waals surface area contributed by atoms with Gasteiger partial charge in [-0.1, -0.05) is 12.1 Å². The van der Waals surface area contributed by atoms with Crippen LogP contribution in [-0.4, -0.2) is 30.5 Å². The van der Waals surface area contributed by atoms with Crippen LogP contribution < -0.4 is 4.74 Å². The fraction of sp³-hybridized carbons (Fsp3) is 0.455. The molecule has 1 aromatic rings. The molecule has 0 saturated heterocycles. The highest BCUT2D eigenvalue weighted by atomic mass is 32.1. The van der Waals surface area contributed by atoms with E-state index in [4.69, 9.17) is 9.47 Å². The monoisotopic (exact) mass is 257 g/mol. The van der Waals surface area contributed by atoms with Crippen molar-refractivity contribution in [2.45, 2.75) is 6.92 Å². The SMILES string of the molecule is Cc1cccc([N+](=O)[O-])c1OCCOCCS. The third-order valence-electron chi connectivity index (χ3n) is 2.10. The van der Waals surface area contributed by atoms with Crippen molar-refractivity contribution in [2.24, 2.45) is 0 Å². The first-order valence-electron chi connectivity index (χ1n) is 5.22. The summed E-state index contributed by atoms with van der Waals surface area (Å²) in [6.45, 7) is 3.00. The van der Waals surface area contributed by atoms with Gasteiger partial charge in [-0.3, -0.25) is 10.1 Å². The molecule has 0 atom stereocenters. The van der Waals surface area contributed by atoms with Gasteiger partial charge in [-0.05, 0) is 12.5 Å². The van der Waals surface area contributed by atoms with Crippen molar-refractivity contribution in [1.82, 2.24) is 0 Å². The molecule has 6 heteroatoms. The van der Waals surface area contributed by atoms with Gasteiger partial charge in [0.2, 0.25) is 0 Å². The Morgan fingerprint density at radius 3 is 2.76 bits per heavy atom. The third-order valence-corrected chi connectivity index (χ3v) is 2.28. The van der Waals surface area contributed by atoms with Gasteiger partial charge in [-0.15, -0.1) is 0 Å². The molecular formula is C11H15NO4S. The molecule has 0 heterocycles. The number of rotatable bonds is 7. The molecular weight excluding hydrogens is 242 g/mol. The van der Waals surface area contributed by atoms with Crippen LogP contribution in [0, 0.1) is 17.0 Å². The zero-order chi connectivity index (χ0) is 12.7. The van der Waals surface area contributed by atoms with E-state index in [-0.39, 0.29) is 5.69 Å². The summed E-state index contributed by atoms with van der Waals surface area (Å²) in [4.78, 5) is 10.3. The Bertz CT molecular complexity index is 384. The largest absolute Gasteiger partial charge is 0.484 e. The first-order chi connectivity index (χ1) is 8.16. The maximum atomic E-state index is 10.8. The molecule has 0 aliphatic rings. The van der Waals surface area contributed by atoms with E-state index >= 15 is 0 Å². The molecule has 0 unspecified atom stereocenters. The average molecular weight is 257 g/mol. The second-order valence-corrected chi connectivity index (χ2v) is 3.81. The summed E-state index contributed by atoms with van der Waals surface area (Å²) in [5.74, 6) is 0.955. The number of nitro benzene ring substituents is 1. The van der Waals surface area contributed by atoms with Gasteiger partial charge in [-0.2, -0.15) is 12.6 Å². The average Bonchev–Trinajstić information content (AvgIpc) is 2.30. The van der Waals surface area contributed by atoms with Crippen LogP contribution in [0.5, 0.6) is 5.75 Å². The molecule has 0 amide bonds. The fourth-order valence-corrected chi connectivity index (χ4v) is 1.47. The van der Waals surface area contributed by atoms with Crippen LogP contribution >= 0.6 is 12.6 Å². The van der Waals surface area contributed by atoms with Crippen molar-refractivity contribution in [3.63, 3.8) is 0 Å². The maximum Gasteiger partial charge on any atom is 0.311 e. The van der Waals surface area contributed by atoms with E-state index in [0.29, 0.717) is 31.3 Å². The molecule has 94 valence electrons. The molecule has 1 aromatic carbocycles. The summed E-state index contributed by atoms with van der Waals surface area (Å²) in [6.07, 6.45) is 0. The smallest absolute Gasteiger partial charge is 0.311 e. The van der Waals surface area contributed by atoms with Gasteiger partial charge >= 0.3 is 5.69 Å². The number of nitro groups is 1. The van der Waals surface area contributed by atoms with Crippen LogP contribution in [0.25, 0.3) is 0 Å². The number of thiol groups is 1. The van der Waals surface area contributed by atoms with Gasteiger partial charge in [-0.25, -0.2) is 0 Å². The predicted molar refractivity (Wildman–Crippen MR) is 68.0 cm³/mol. The van der Waals surface area contributed by atoms with E-state index in [1.807, 2.05) is 0 Å². The van der Waals surface area contributed by atoms with Gasteiger partial charge in [0, 0.05) is 11.8 Å². The van der Waals surface area contributed by atoms with Crippen molar-refractivity contribution in [1.29, 1.82) is 0 Å². The second-order valence-electron chi connectivity index (χ2n) is 3.36. The van der Waals surface area contributed by atoms with E-state index in [2.05, 4.69) is 12.6 Å². The molecule has 0 N–H and O–H groups in total. The Morgan fingerprint density at radius 2 is 2.12 bits per heavy atom. The minimum atomic E-state index is -0.448. The molecule has 0 bridgehead atoms. The lowest BCUT2D eigenvalue weighted by atomic mass is 10.2. The standard InChI is InChI=1S/C11H15NO4S/c1-9-3-2-4-10(12(13)14)11(9)16-6-5-15-7-8-17/h2-4,17H,5-8H2,1H3. The third kappa shape index (κ3) is 4.24. The van der Waals surface area contributed by atoms with E-state index in [9.17, 15) is 10.1 Å². The zero-order valence-corrected chi connectivity index (χ0v) is 10.5. The van der Waals surface area contributed by atoms with E-state index in [1.54, 1.807) is 19.1 Å². The summed E-state index contributed by atoms with van der Waals surface area (Å²) in [6, 6.07) is 4.84. The fourth-order valence-electron chi connectivity index (χ4n) is 1.34. The van der Waals surface area contributed by atoms with Gasteiger partial charge in [0.05, 0.1) is 18.1 Å². The second kappa shape index (κ2) is 7.13. The first kappa shape index (κ1) is 13.8. The molecule has 0 saturated carbocycles. The van der Waals surface area contributed by atoms with Gasteiger partial charge in [0.15, 0.2) is 5.75 Å². The van der Waals surface area contributed by atoms with E-state index in [1.165, 1.54) is 6.07 Å². The zero-order valence-electron chi connectivity index (χ0n) is 9.59. The van der Waals surface area contributed by atoms with Crippen LogP contribution in [0.4, 0.5) is 5.69 Å². The number of para-hydroxylation sites is 1. The van der Waals surface area contributed by atoms with Gasteiger partial charge in [0.25, 0.3) is 0 Å². The molecule has 5 nitrogen and oxygen atoms in total. The molecule has 1 rings (SSSR count). The Labute approximate surface area is 105 Å². The number of hydrogen-bond donors (Lipinski definition) is 1. The van der Waals surface area contributed by atoms with Crippen molar-refractivity contribution in [3.05, 3.63) is 33.9 Å². The lowest BCUT2D eigenvalue weighted by molar-refractivity contribution is -0.385. The Hall–Kier alpha value is -1.27. The molecule has 0 radical (unpaired) electrons. The van der Waals surface area contributed by atoms with Crippen molar-refractivity contribution in [2.75, 3.05) is 25.6 Å². The first-order valence-corrected chi connectivity index (χ1v) is 5.85. The molecule has 0 spiro atoms. The Morgan fingerprint density at radius 1 is 1.35 bits per heavy atom. The summed E-state index contributed by atoms with van der Waals surface area (Å²) in [5.41, 5.74) is 0.729.